The molecule has 0 radical (unpaired) electrons. The molecule has 1 saturated carbocycles. The Morgan fingerprint density at radius 1 is 1.00 bits per heavy atom. The second kappa shape index (κ2) is 10.9. The first-order valence-electron chi connectivity index (χ1n) is 13.4. The Morgan fingerprint density at radius 3 is 2.05 bits per heavy atom. The van der Waals surface area contributed by atoms with Crippen LogP contribution in [0.3, 0.4) is 0 Å². The molecule has 6 rings (SSSR count). The summed E-state index contributed by atoms with van der Waals surface area (Å²) in [5.41, 5.74) is 1.50. The van der Waals surface area contributed by atoms with Gasteiger partial charge < -0.3 is 5.32 Å². The lowest BCUT2D eigenvalue weighted by Gasteiger charge is -2.28. The number of ketones is 1. The smallest absolute Gasteiger partial charge is 0.254 e. The highest BCUT2D eigenvalue weighted by atomic mass is 35.5. The Bertz CT molecular complexity index is 1640. The molecule has 1 aliphatic carbocycles. The molecule has 0 bridgehead atoms. The van der Waals surface area contributed by atoms with Crippen LogP contribution in [-0.4, -0.2) is 69.2 Å². The van der Waals surface area contributed by atoms with Crippen molar-refractivity contribution >= 4 is 33.3 Å². The number of alkyl halides is 1. The van der Waals surface area contributed by atoms with Crippen LogP contribution in [0.5, 0.6) is 0 Å². The van der Waals surface area contributed by atoms with Gasteiger partial charge in [0.2, 0.25) is 10.0 Å². The number of nitrogens with one attached hydrogen (secondary N) is 1. The van der Waals surface area contributed by atoms with E-state index in [1.165, 1.54) is 10.4 Å². The van der Waals surface area contributed by atoms with E-state index in [9.17, 15) is 18.0 Å². The highest BCUT2D eigenvalue weighted by Gasteiger charge is 2.65. The van der Waals surface area contributed by atoms with Crippen molar-refractivity contribution in [1.29, 1.82) is 5.26 Å². The zero-order valence-corrected chi connectivity index (χ0v) is 24.0. The SMILES string of the molecule is N#Cc1ccc(C(=O)/C=C2\NC(Cc3ccncc3)(Cc3ccncc3)C(=O)N2[C@H]2[C@@H]3CN(S(=O)(=O)CCl)C[C@@H]32)cc1. The number of piperidine rings is 1. The van der Waals surface area contributed by atoms with Crippen LogP contribution in [-0.2, 0) is 27.7 Å². The van der Waals surface area contributed by atoms with Gasteiger partial charge in [0.25, 0.3) is 5.91 Å². The number of carbonyl (C=O) groups excluding carboxylic acids is 2. The van der Waals surface area contributed by atoms with E-state index in [-0.39, 0.29) is 42.7 Å². The molecule has 214 valence electrons. The summed E-state index contributed by atoms with van der Waals surface area (Å²) in [6.45, 7) is 0.541. The van der Waals surface area contributed by atoms with Gasteiger partial charge in [-0.2, -0.15) is 5.26 Å². The van der Waals surface area contributed by atoms with E-state index in [2.05, 4.69) is 15.3 Å². The van der Waals surface area contributed by atoms with Gasteiger partial charge in [-0.3, -0.25) is 24.5 Å². The number of fused-ring (bicyclic) bond motifs is 1. The molecule has 3 aromatic rings. The highest BCUT2D eigenvalue weighted by Crippen LogP contribution is 2.52. The number of amides is 1. The third-order valence-corrected chi connectivity index (χ3v) is 10.5. The quantitative estimate of drug-likeness (QED) is 0.224. The van der Waals surface area contributed by atoms with E-state index in [4.69, 9.17) is 16.9 Å². The number of sulfonamides is 1. The summed E-state index contributed by atoms with van der Waals surface area (Å²) in [5, 5.41) is 12.1. The Hall–Kier alpha value is -4.11. The first kappa shape index (κ1) is 28.0. The van der Waals surface area contributed by atoms with Gasteiger partial charge in [0.05, 0.1) is 11.6 Å². The van der Waals surface area contributed by atoms with E-state index in [0.717, 1.165) is 11.1 Å². The van der Waals surface area contributed by atoms with E-state index in [0.29, 0.717) is 29.8 Å². The second-order valence-corrected chi connectivity index (χ2v) is 13.4. The monoisotopic (exact) mass is 602 g/mol. The van der Waals surface area contributed by atoms with E-state index >= 15 is 0 Å². The average molecular weight is 603 g/mol. The lowest BCUT2D eigenvalue weighted by molar-refractivity contribution is -0.132. The van der Waals surface area contributed by atoms with Crippen LogP contribution < -0.4 is 5.32 Å². The number of hydrogen-bond donors (Lipinski definition) is 1. The van der Waals surface area contributed by atoms with Crippen LogP contribution in [0.25, 0.3) is 0 Å². The van der Waals surface area contributed by atoms with Crippen LogP contribution >= 0.6 is 11.6 Å². The van der Waals surface area contributed by atoms with Crippen molar-refractivity contribution in [3.63, 3.8) is 0 Å². The van der Waals surface area contributed by atoms with Crippen molar-refractivity contribution in [2.45, 2.75) is 24.4 Å². The number of nitrogens with zero attached hydrogens (tertiary/aromatic N) is 5. The van der Waals surface area contributed by atoms with Gasteiger partial charge in [-0.15, -0.1) is 11.6 Å². The molecule has 0 spiro atoms. The number of rotatable bonds is 9. The van der Waals surface area contributed by atoms with Crippen LogP contribution in [0.4, 0.5) is 0 Å². The number of halogens is 1. The minimum Gasteiger partial charge on any atom is -0.357 e. The summed E-state index contributed by atoms with van der Waals surface area (Å²) >= 11 is 5.69. The lowest BCUT2D eigenvalue weighted by atomic mass is 9.85. The van der Waals surface area contributed by atoms with E-state index in [1.807, 2.05) is 30.3 Å². The summed E-state index contributed by atoms with van der Waals surface area (Å²) in [6, 6.07) is 15.5. The summed E-state index contributed by atoms with van der Waals surface area (Å²) in [4.78, 5) is 37.9. The molecule has 3 fully saturated rings. The second-order valence-electron chi connectivity index (χ2n) is 10.9. The topological polar surface area (TPSA) is 136 Å². The molecule has 2 aromatic heterocycles. The normalized spacial score (nSPS) is 23.8. The largest absolute Gasteiger partial charge is 0.357 e. The first-order chi connectivity index (χ1) is 20.2. The predicted molar refractivity (Wildman–Crippen MR) is 154 cm³/mol. The molecule has 10 nitrogen and oxygen atoms in total. The molecule has 3 atom stereocenters. The Balaban J connectivity index is 1.38. The number of carbonyl (C=O) groups is 2. The fourth-order valence-corrected chi connectivity index (χ4v) is 7.50. The van der Waals surface area contributed by atoms with Crippen molar-refractivity contribution in [3.8, 4) is 6.07 Å². The third kappa shape index (κ3) is 5.17. The van der Waals surface area contributed by atoms with Gasteiger partial charge >= 0.3 is 0 Å². The summed E-state index contributed by atoms with van der Waals surface area (Å²) in [7, 11) is -3.56. The number of hydrogen-bond acceptors (Lipinski definition) is 8. The van der Waals surface area contributed by atoms with Crippen LogP contribution in [0.1, 0.15) is 27.0 Å². The van der Waals surface area contributed by atoms with Crippen molar-refractivity contribution in [1.82, 2.24) is 24.5 Å². The van der Waals surface area contributed by atoms with E-state index in [1.54, 1.807) is 54.0 Å². The van der Waals surface area contributed by atoms with Gasteiger partial charge in [0, 0.05) is 80.2 Å². The Labute approximate surface area is 248 Å². The van der Waals surface area contributed by atoms with Crippen LogP contribution in [0, 0.1) is 23.2 Å². The zero-order valence-electron chi connectivity index (χ0n) is 22.4. The minimum atomic E-state index is -3.56. The summed E-state index contributed by atoms with van der Waals surface area (Å²) in [5.74, 6) is -0.259. The van der Waals surface area contributed by atoms with Crippen LogP contribution in [0.15, 0.2) is 85.2 Å². The minimum absolute atomic E-state index is 0.0696. The molecule has 1 N–H and O–H groups in total. The van der Waals surface area contributed by atoms with Crippen molar-refractivity contribution in [2.75, 3.05) is 18.3 Å². The van der Waals surface area contributed by atoms with Gasteiger partial charge in [-0.25, -0.2) is 12.7 Å². The first-order valence-corrected chi connectivity index (χ1v) is 15.6. The number of allylic oxidation sites excluding steroid dienone is 1. The molecule has 2 aliphatic heterocycles. The van der Waals surface area contributed by atoms with Gasteiger partial charge in [0.15, 0.2) is 5.78 Å². The fourth-order valence-electron chi connectivity index (χ4n) is 6.15. The summed E-state index contributed by atoms with van der Waals surface area (Å²) < 4.78 is 26.2. The highest BCUT2D eigenvalue weighted by molar-refractivity contribution is 7.90. The Morgan fingerprint density at radius 2 is 1.55 bits per heavy atom. The molecule has 2 saturated heterocycles. The fraction of sp³-hybridized carbons (Fsp3) is 0.300. The molecule has 3 aliphatic rings. The maximum absolute atomic E-state index is 14.6. The molecule has 1 aromatic carbocycles. The maximum atomic E-state index is 14.6. The van der Waals surface area contributed by atoms with Crippen molar-refractivity contribution < 1.29 is 18.0 Å². The molecular weight excluding hydrogens is 576 g/mol. The molecular formula is C30H27ClN6O4S. The predicted octanol–water partition coefficient (Wildman–Crippen LogP) is 2.48. The lowest BCUT2D eigenvalue weighted by Crippen LogP contribution is -2.51. The Kier molecular flexibility index (Phi) is 7.30. The number of aromatic nitrogens is 2. The molecule has 4 heterocycles. The molecule has 0 unspecified atom stereocenters. The number of benzene rings is 1. The van der Waals surface area contributed by atoms with Gasteiger partial charge in [0.1, 0.15) is 16.6 Å². The number of nitriles is 1. The number of pyridine rings is 2. The van der Waals surface area contributed by atoms with E-state index < -0.39 is 20.8 Å². The molecule has 12 heteroatoms. The maximum Gasteiger partial charge on any atom is 0.254 e. The van der Waals surface area contributed by atoms with Crippen molar-refractivity contribution in [3.05, 3.63) is 107 Å². The molecule has 42 heavy (non-hydrogen) atoms. The van der Waals surface area contributed by atoms with Gasteiger partial charge in [-0.1, -0.05) is 0 Å². The van der Waals surface area contributed by atoms with Crippen LogP contribution in [0.2, 0.25) is 0 Å². The summed E-state index contributed by atoms with van der Waals surface area (Å²) in [6.07, 6.45) is 8.81. The van der Waals surface area contributed by atoms with Crippen molar-refractivity contribution in [2.24, 2.45) is 11.8 Å². The third-order valence-electron chi connectivity index (χ3n) is 8.28. The average Bonchev–Trinajstić information content (AvgIpc) is 3.33. The standard InChI is InChI=1S/C30H27ClN6O4S/c31-19-42(40,41)36-17-24-25(18-36)28(24)37-27(13-26(38)23-3-1-22(16-32)2-4-23)35-30(29(37)39,14-20-5-9-33-10-6-20)15-21-7-11-34-12-8-21/h1-13,24-25,28,35H,14-15,17-19H2/b27-13+/t24-,25+,28+. The molecule has 1 amide bonds. The zero-order chi connectivity index (χ0) is 29.5. The van der Waals surface area contributed by atoms with Gasteiger partial charge in [-0.05, 0) is 59.7 Å².